The van der Waals surface area contributed by atoms with Crippen LogP contribution in [0.1, 0.15) is 23.0 Å². The van der Waals surface area contributed by atoms with Crippen LogP contribution < -0.4 is 5.32 Å². The van der Waals surface area contributed by atoms with Crippen molar-refractivity contribution in [1.82, 2.24) is 10.3 Å². The molecule has 0 radical (unpaired) electrons. The minimum absolute atomic E-state index is 0.144. The van der Waals surface area contributed by atoms with Crippen LogP contribution in [0, 0.1) is 0 Å². The first-order valence-corrected chi connectivity index (χ1v) is 8.23. The molecule has 1 amide bonds. The lowest BCUT2D eigenvalue weighted by Crippen LogP contribution is -2.35. The summed E-state index contributed by atoms with van der Waals surface area (Å²) >= 11 is 6.22. The molecule has 0 spiro atoms. The van der Waals surface area contributed by atoms with Crippen LogP contribution in [0.25, 0.3) is 10.9 Å². The Morgan fingerprint density at radius 1 is 1.12 bits per heavy atom. The lowest BCUT2D eigenvalue weighted by molar-refractivity contribution is -0.129. The van der Waals surface area contributed by atoms with Gasteiger partial charge in [-0.25, -0.2) is 4.79 Å². The average Bonchev–Trinajstić information content (AvgIpc) is 2.97. The van der Waals surface area contributed by atoms with Gasteiger partial charge in [0.25, 0.3) is 5.91 Å². The van der Waals surface area contributed by atoms with Gasteiger partial charge in [0.05, 0.1) is 5.02 Å². The largest absolute Gasteiger partial charge is 0.448 e. The molecule has 0 aliphatic heterocycles. The molecule has 1 heterocycles. The Morgan fingerprint density at radius 2 is 1.80 bits per heavy atom. The maximum Gasteiger partial charge on any atom is 0.357 e. The smallest absolute Gasteiger partial charge is 0.357 e. The lowest BCUT2D eigenvalue weighted by Gasteiger charge is -2.13. The highest BCUT2D eigenvalue weighted by molar-refractivity contribution is 6.38. The molecule has 3 rings (SSSR count). The first-order chi connectivity index (χ1) is 12.1. The van der Waals surface area contributed by atoms with E-state index in [0.717, 1.165) is 16.5 Å². The number of benzene rings is 2. The van der Waals surface area contributed by atoms with Gasteiger partial charge in [-0.3, -0.25) is 4.79 Å². The van der Waals surface area contributed by atoms with E-state index in [-0.39, 0.29) is 16.6 Å². The summed E-state index contributed by atoms with van der Waals surface area (Å²) in [4.78, 5) is 27.3. The zero-order valence-corrected chi connectivity index (χ0v) is 14.3. The van der Waals surface area contributed by atoms with E-state index in [4.69, 9.17) is 16.3 Å². The van der Waals surface area contributed by atoms with E-state index in [1.807, 2.05) is 48.5 Å². The summed E-state index contributed by atoms with van der Waals surface area (Å²) in [5, 5.41) is 3.76. The monoisotopic (exact) mass is 356 g/mol. The summed E-state index contributed by atoms with van der Waals surface area (Å²) in [5.41, 5.74) is 1.85. The van der Waals surface area contributed by atoms with Crippen molar-refractivity contribution in [3.63, 3.8) is 0 Å². The first kappa shape index (κ1) is 17.0. The van der Waals surface area contributed by atoms with E-state index >= 15 is 0 Å². The number of amides is 1. The number of halogens is 1. The van der Waals surface area contributed by atoms with E-state index in [1.54, 1.807) is 6.07 Å². The number of ether oxygens (including phenoxy) is 1. The van der Waals surface area contributed by atoms with E-state index < -0.39 is 12.1 Å². The van der Waals surface area contributed by atoms with Crippen LogP contribution in [0.3, 0.4) is 0 Å². The molecule has 6 heteroatoms. The maximum atomic E-state index is 12.3. The van der Waals surface area contributed by atoms with Gasteiger partial charge in [0, 0.05) is 17.4 Å². The highest BCUT2D eigenvalue weighted by Gasteiger charge is 2.23. The van der Waals surface area contributed by atoms with Crippen molar-refractivity contribution < 1.29 is 14.3 Å². The quantitative estimate of drug-likeness (QED) is 0.685. The van der Waals surface area contributed by atoms with E-state index in [9.17, 15) is 9.59 Å². The zero-order valence-electron chi connectivity index (χ0n) is 13.6. The number of rotatable bonds is 5. The van der Waals surface area contributed by atoms with Gasteiger partial charge in [0.1, 0.15) is 5.69 Å². The number of aromatic nitrogens is 1. The third-order valence-corrected chi connectivity index (χ3v) is 4.20. The maximum absolute atomic E-state index is 12.3. The summed E-state index contributed by atoms with van der Waals surface area (Å²) < 4.78 is 5.23. The first-order valence-electron chi connectivity index (χ1n) is 7.85. The molecule has 1 atom stereocenters. The Kier molecular flexibility index (Phi) is 5.05. The van der Waals surface area contributed by atoms with E-state index in [2.05, 4.69) is 10.3 Å². The van der Waals surface area contributed by atoms with Crippen molar-refractivity contribution in [2.75, 3.05) is 0 Å². The van der Waals surface area contributed by atoms with Gasteiger partial charge < -0.3 is 15.0 Å². The van der Waals surface area contributed by atoms with Crippen molar-refractivity contribution in [3.05, 3.63) is 70.9 Å². The number of hydrogen-bond donors (Lipinski definition) is 2. The van der Waals surface area contributed by atoms with Gasteiger partial charge in [-0.05, 0) is 18.6 Å². The second-order valence-electron chi connectivity index (χ2n) is 5.61. The number of para-hydroxylation sites is 1. The van der Waals surface area contributed by atoms with Crippen molar-refractivity contribution in [3.8, 4) is 0 Å². The number of carbonyl (C=O) groups is 2. The molecule has 0 saturated heterocycles. The van der Waals surface area contributed by atoms with Crippen LogP contribution in [0.2, 0.25) is 5.02 Å². The number of esters is 1. The molecule has 2 N–H and O–H groups in total. The van der Waals surface area contributed by atoms with Gasteiger partial charge in [-0.2, -0.15) is 0 Å². The Bertz CT molecular complexity index is 905. The lowest BCUT2D eigenvalue weighted by atomic mass is 10.2. The number of H-pyrrole nitrogens is 1. The fourth-order valence-corrected chi connectivity index (χ4v) is 2.74. The number of nitrogens with one attached hydrogen (secondary N) is 2. The number of carbonyl (C=O) groups excluding carboxylic acids is 2. The van der Waals surface area contributed by atoms with Gasteiger partial charge in [-0.1, -0.05) is 60.1 Å². The molecule has 128 valence electrons. The molecule has 2 aromatic carbocycles. The molecule has 1 aromatic heterocycles. The van der Waals surface area contributed by atoms with Crippen LogP contribution in [0.4, 0.5) is 0 Å². The Morgan fingerprint density at radius 3 is 2.52 bits per heavy atom. The predicted octanol–water partition coefficient (Wildman–Crippen LogP) is 3.68. The van der Waals surface area contributed by atoms with Gasteiger partial charge in [0.2, 0.25) is 0 Å². The Labute approximate surface area is 149 Å². The third-order valence-electron chi connectivity index (χ3n) is 3.81. The van der Waals surface area contributed by atoms with Crippen molar-refractivity contribution in [2.45, 2.75) is 19.6 Å². The van der Waals surface area contributed by atoms with Crippen LogP contribution in [0.15, 0.2) is 54.6 Å². The van der Waals surface area contributed by atoms with Gasteiger partial charge in [-0.15, -0.1) is 0 Å². The molecule has 25 heavy (non-hydrogen) atoms. The Balaban J connectivity index is 1.63. The van der Waals surface area contributed by atoms with Crippen LogP contribution in [0.5, 0.6) is 0 Å². The second-order valence-corrected chi connectivity index (χ2v) is 5.99. The molecule has 0 saturated carbocycles. The van der Waals surface area contributed by atoms with Crippen LogP contribution in [-0.4, -0.2) is 23.0 Å². The molecule has 0 aliphatic carbocycles. The SMILES string of the molecule is CC(OC(=O)c1[nH]c2ccccc2c1Cl)C(=O)NCc1ccccc1. The minimum Gasteiger partial charge on any atom is -0.448 e. The highest BCUT2D eigenvalue weighted by atomic mass is 35.5. The zero-order chi connectivity index (χ0) is 17.8. The number of hydrogen-bond acceptors (Lipinski definition) is 3. The minimum atomic E-state index is -0.932. The molecule has 0 aliphatic rings. The summed E-state index contributed by atoms with van der Waals surface area (Å²) in [6, 6.07) is 16.8. The van der Waals surface area contributed by atoms with E-state index in [0.29, 0.717) is 6.54 Å². The summed E-state index contributed by atoms with van der Waals surface area (Å²) in [6.45, 7) is 1.89. The molecule has 0 fully saturated rings. The summed E-state index contributed by atoms with van der Waals surface area (Å²) in [6.07, 6.45) is -0.932. The normalized spacial score (nSPS) is 11.9. The number of aromatic amines is 1. The molecule has 5 nitrogen and oxygen atoms in total. The number of fused-ring (bicyclic) bond motifs is 1. The topological polar surface area (TPSA) is 71.2 Å². The van der Waals surface area contributed by atoms with Crippen LogP contribution in [-0.2, 0) is 16.1 Å². The summed E-state index contributed by atoms with van der Waals surface area (Å²) in [7, 11) is 0. The third kappa shape index (κ3) is 3.83. The molecular weight excluding hydrogens is 340 g/mol. The van der Waals surface area contributed by atoms with Gasteiger partial charge in [0.15, 0.2) is 6.10 Å². The van der Waals surface area contributed by atoms with Crippen molar-refractivity contribution >= 4 is 34.4 Å². The van der Waals surface area contributed by atoms with Crippen molar-refractivity contribution in [2.24, 2.45) is 0 Å². The highest BCUT2D eigenvalue weighted by Crippen LogP contribution is 2.27. The fourth-order valence-electron chi connectivity index (χ4n) is 2.45. The molecule has 1 unspecified atom stereocenters. The van der Waals surface area contributed by atoms with Crippen molar-refractivity contribution in [1.29, 1.82) is 0 Å². The molecule has 3 aromatic rings. The summed E-state index contributed by atoms with van der Waals surface area (Å²) in [5.74, 6) is -1.03. The Hall–Kier alpha value is -2.79. The molecular formula is C19H17ClN2O3. The predicted molar refractivity (Wildman–Crippen MR) is 96.5 cm³/mol. The van der Waals surface area contributed by atoms with Crippen LogP contribution >= 0.6 is 11.6 Å². The average molecular weight is 357 g/mol. The fraction of sp³-hybridized carbons (Fsp3) is 0.158. The van der Waals surface area contributed by atoms with E-state index in [1.165, 1.54) is 6.92 Å². The molecule has 0 bridgehead atoms. The second kappa shape index (κ2) is 7.40. The standard InChI is InChI=1S/C19H17ClN2O3/c1-12(18(23)21-11-13-7-3-2-4-8-13)25-19(24)17-16(20)14-9-5-6-10-15(14)22-17/h2-10,12,22H,11H2,1H3,(H,21,23). The van der Waals surface area contributed by atoms with Gasteiger partial charge >= 0.3 is 5.97 Å².